The lowest BCUT2D eigenvalue weighted by molar-refractivity contribution is 0.135. The van der Waals surface area contributed by atoms with Crippen molar-refractivity contribution in [2.24, 2.45) is 5.92 Å². The summed E-state index contributed by atoms with van der Waals surface area (Å²) in [6.45, 7) is 2.32. The van der Waals surface area contributed by atoms with Gasteiger partial charge in [0.2, 0.25) is 0 Å². The van der Waals surface area contributed by atoms with Gasteiger partial charge in [0, 0.05) is 13.1 Å². The van der Waals surface area contributed by atoms with E-state index in [1.165, 1.54) is 25.7 Å². The monoisotopic (exact) mass is 220 g/mol. The first-order valence-corrected chi connectivity index (χ1v) is 6.07. The van der Waals surface area contributed by atoms with Gasteiger partial charge < -0.3 is 10.1 Å². The molecule has 1 saturated carbocycles. The highest BCUT2D eigenvalue weighted by Crippen LogP contribution is 2.27. The van der Waals surface area contributed by atoms with Crippen LogP contribution in [0.5, 0.6) is 5.75 Å². The topological polar surface area (TPSA) is 34.2 Å². The van der Waals surface area contributed by atoms with Gasteiger partial charge in [-0.3, -0.25) is 4.98 Å². The van der Waals surface area contributed by atoms with Gasteiger partial charge in [0.05, 0.1) is 24.2 Å². The molecule has 0 bridgehead atoms. The average molecular weight is 220 g/mol. The number of nitrogens with zero attached hydrogens (tertiary/aromatic N) is 1. The summed E-state index contributed by atoms with van der Waals surface area (Å²) in [5.74, 6) is 1.74. The van der Waals surface area contributed by atoms with E-state index in [9.17, 15) is 0 Å². The predicted octanol–water partition coefficient (Wildman–Crippen LogP) is 3.08. The van der Waals surface area contributed by atoms with E-state index in [-0.39, 0.29) is 0 Å². The Kier molecular flexibility index (Phi) is 3.65. The van der Waals surface area contributed by atoms with Gasteiger partial charge in [-0.2, -0.15) is 0 Å². The molecule has 0 atom stereocenters. The molecule has 1 fully saturated rings. The van der Waals surface area contributed by atoms with Gasteiger partial charge >= 0.3 is 0 Å². The van der Waals surface area contributed by atoms with Crippen LogP contribution in [0.2, 0.25) is 0 Å². The number of pyridine rings is 1. The van der Waals surface area contributed by atoms with Gasteiger partial charge in [-0.1, -0.05) is 6.92 Å². The largest absolute Gasteiger partial charge is 0.489 e. The smallest absolute Gasteiger partial charge is 0.140 e. The van der Waals surface area contributed by atoms with E-state index in [4.69, 9.17) is 4.74 Å². The van der Waals surface area contributed by atoms with E-state index in [2.05, 4.69) is 17.2 Å². The number of hydrogen-bond donors (Lipinski definition) is 1. The van der Waals surface area contributed by atoms with Gasteiger partial charge in [0.1, 0.15) is 5.75 Å². The maximum Gasteiger partial charge on any atom is 0.140 e. The first kappa shape index (κ1) is 11.2. The maximum atomic E-state index is 5.94. The molecule has 1 aromatic heterocycles. The van der Waals surface area contributed by atoms with Crippen molar-refractivity contribution in [3.63, 3.8) is 0 Å². The van der Waals surface area contributed by atoms with Crippen molar-refractivity contribution in [2.75, 3.05) is 12.4 Å². The third-order valence-corrected chi connectivity index (χ3v) is 3.27. The summed E-state index contributed by atoms with van der Waals surface area (Å²) in [5.41, 5.74) is 1.00. The minimum Gasteiger partial charge on any atom is -0.489 e. The van der Waals surface area contributed by atoms with Crippen molar-refractivity contribution in [1.29, 1.82) is 0 Å². The first-order valence-electron chi connectivity index (χ1n) is 6.07. The number of rotatable bonds is 3. The van der Waals surface area contributed by atoms with Crippen LogP contribution in [0.3, 0.4) is 0 Å². The van der Waals surface area contributed by atoms with Crippen LogP contribution in [0.1, 0.15) is 32.6 Å². The minimum atomic E-state index is 0.380. The predicted molar refractivity (Wildman–Crippen MR) is 65.8 cm³/mol. The van der Waals surface area contributed by atoms with Crippen LogP contribution in [0.25, 0.3) is 0 Å². The quantitative estimate of drug-likeness (QED) is 0.850. The molecule has 1 aliphatic carbocycles. The lowest BCUT2D eigenvalue weighted by Crippen LogP contribution is -2.23. The number of hydrogen-bond acceptors (Lipinski definition) is 3. The van der Waals surface area contributed by atoms with Crippen molar-refractivity contribution >= 4 is 5.69 Å². The lowest BCUT2D eigenvalue weighted by atomic mass is 9.89. The molecule has 0 saturated heterocycles. The Morgan fingerprint density at radius 3 is 2.69 bits per heavy atom. The molecule has 0 radical (unpaired) electrons. The molecule has 3 heteroatoms. The van der Waals surface area contributed by atoms with E-state index in [0.717, 1.165) is 17.4 Å². The Hall–Kier alpha value is -1.25. The maximum absolute atomic E-state index is 5.94. The highest BCUT2D eigenvalue weighted by atomic mass is 16.5. The van der Waals surface area contributed by atoms with E-state index >= 15 is 0 Å². The van der Waals surface area contributed by atoms with Crippen LogP contribution >= 0.6 is 0 Å². The fourth-order valence-electron chi connectivity index (χ4n) is 2.16. The number of nitrogens with one attached hydrogen (secondary N) is 1. The zero-order valence-corrected chi connectivity index (χ0v) is 10.1. The molecule has 88 valence electrons. The summed E-state index contributed by atoms with van der Waals surface area (Å²) in [6.07, 6.45) is 8.88. The van der Waals surface area contributed by atoms with Crippen molar-refractivity contribution in [3.05, 3.63) is 18.5 Å². The van der Waals surface area contributed by atoms with Gasteiger partial charge in [-0.25, -0.2) is 0 Å². The molecule has 0 amide bonds. The summed E-state index contributed by atoms with van der Waals surface area (Å²) in [5, 5.41) is 3.07. The number of aromatic nitrogens is 1. The van der Waals surface area contributed by atoms with Gasteiger partial charge in [0.25, 0.3) is 0 Å². The van der Waals surface area contributed by atoms with Crippen LogP contribution in [0.4, 0.5) is 5.69 Å². The first-order chi connectivity index (χ1) is 7.78. The molecule has 0 spiro atoms. The van der Waals surface area contributed by atoms with Gasteiger partial charge in [-0.05, 0) is 31.6 Å². The van der Waals surface area contributed by atoms with Gasteiger partial charge in [-0.15, -0.1) is 0 Å². The third-order valence-electron chi connectivity index (χ3n) is 3.27. The zero-order valence-electron chi connectivity index (χ0n) is 10.1. The molecule has 1 heterocycles. The molecule has 16 heavy (non-hydrogen) atoms. The van der Waals surface area contributed by atoms with Crippen molar-refractivity contribution in [1.82, 2.24) is 4.98 Å². The van der Waals surface area contributed by atoms with E-state index in [0.29, 0.717) is 6.10 Å². The van der Waals surface area contributed by atoms with Gasteiger partial charge in [0.15, 0.2) is 0 Å². The number of ether oxygens (including phenoxy) is 1. The van der Waals surface area contributed by atoms with Crippen LogP contribution in [0, 0.1) is 5.92 Å². The summed E-state index contributed by atoms with van der Waals surface area (Å²) < 4.78 is 5.94. The fourth-order valence-corrected chi connectivity index (χ4v) is 2.16. The second-order valence-corrected chi connectivity index (χ2v) is 4.66. The Morgan fingerprint density at radius 1 is 1.25 bits per heavy atom. The molecule has 1 N–H and O–H groups in total. The van der Waals surface area contributed by atoms with E-state index in [1.54, 1.807) is 12.4 Å². The minimum absolute atomic E-state index is 0.380. The SMILES string of the molecule is CNc1cncc(OC2CCC(C)CC2)c1. The van der Waals surface area contributed by atoms with E-state index in [1.807, 2.05) is 13.1 Å². The normalized spacial score (nSPS) is 25.1. The number of anilines is 1. The Balaban J connectivity index is 1.93. The molecule has 1 aromatic rings. The third kappa shape index (κ3) is 2.87. The van der Waals surface area contributed by atoms with Crippen molar-refractivity contribution < 1.29 is 4.74 Å². The molecule has 0 aliphatic heterocycles. The summed E-state index contributed by atoms with van der Waals surface area (Å²) >= 11 is 0. The summed E-state index contributed by atoms with van der Waals surface area (Å²) in [6, 6.07) is 2.00. The standard InChI is InChI=1S/C13H20N2O/c1-10-3-5-12(6-4-10)16-13-7-11(14-2)8-15-9-13/h7-10,12,14H,3-6H2,1-2H3. The molecular formula is C13H20N2O. The lowest BCUT2D eigenvalue weighted by Gasteiger charge is -2.26. The average Bonchev–Trinajstić information content (AvgIpc) is 2.32. The summed E-state index contributed by atoms with van der Waals surface area (Å²) in [7, 11) is 1.89. The molecular weight excluding hydrogens is 200 g/mol. The second-order valence-electron chi connectivity index (χ2n) is 4.66. The van der Waals surface area contributed by atoms with Crippen LogP contribution in [0.15, 0.2) is 18.5 Å². The fraction of sp³-hybridized carbons (Fsp3) is 0.615. The second kappa shape index (κ2) is 5.19. The highest BCUT2D eigenvalue weighted by Gasteiger charge is 2.19. The van der Waals surface area contributed by atoms with Crippen LogP contribution in [-0.2, 0) is 0 Å². The summed E-state index contributed by atoms with van der Waals surface area (Å²) in [4.78, 5) is 4.15. The van der Waals surface area contributed by atoms with Crippen molar-refractivity contribution in [2.45, 2.75) is 38.7 Å². The van der Waals surface area contributed by atoms with Crippen LogP contribution < -0.4 is 10.1 Å². The molecule has 3 nitrogen and oxygen atoms in total. The van der Waals surface area contributed by atoms with E-state index < -0.39 is 0 Å². The van der Waals surface area contributed by atoms with Crippen LogP contribution in [-0.4, -0.2) is 18.1 Å². The zero-order chi connectivity index (χ0) is 11.4. The van der Waals surface area contributed by atoms with Crippen molar-refractivity contribution in [3.8, 4) is 5.75 Å². The molecule has 2 rings (SSSR count). The Bertz CT molecular complexity index is 332. The Labute approximate surface area is 97.2 Å². The molecule has 1 aliphatic rings. The Morgan fingerprint density at radius 2 is 2.00 bits per heavy atom. The molecule has 0 aromatic carbocycles. The molecule has 0 unspecified atom stereocenters. The highest BCUT2D eigenvalue weighted by molar-refractivity contribution is 5.44.